The molecule has 0 atom stereocenters. The van der Waals surface area contributed by atoms with Gasteiger partial charge in [-0.3, -0.25) is 9.79 Å². The summed E-state index contributed by atoms with van der Waals surface area (Å²) in [5, 5.41) is 6.67. The molecule has 1 fully saturated rings. The van der Waals surface area contributed by atoms with Gasteiger partial charge in [-0.1, -0.05) is 31.4 Å². The van der Waals surface area contributed by atoms with Gasteiger partial charge in [-0.15, -0.1) is 0 Å². The van der Waals surface area contributed by atoms with E-state index in [2.05, 4.69) is 28.6 Å². The Labute approximate surface area is 176 Å². The number of carbonyl (C=O) groups excluding carboxylic acids is 1. The lowest BCUT2D eigenvalue weighted by Gasteiger charge is -2.21. The number of nitrogens with one attached hydrogen (secondary N) is 2. The van der Waals surface area contributed by atoms with Gasteiger partial charge in [-0.2, -0.15) is 0 Å². The van der Waals surface area contributed by atoms with Crippen LogP contribution in [0.2, 0.25) is 0 Å². The predicted octanol–water partition coefficient (Wildman–Crippen LogP) is 3.23. The van der Waals surface area contributed by atoms with Gasteiger partial charge >= 0.3 is 0 Å². The summed E-state index contributed by atoms with van der Waals surface area (Å²) in [5.41, 5.74) is 1.87. The van der Waals surface area contributed by atoms with E-state index in [4.69, 9.17) is 4.74 Å². The highest BCUT2D eigenvalue weighted by molar-refractivity contribution is 5.94. The molecule has 6 heteroatoms. The minimum Gasteiger partial charge on any atom is -0.378 e. The molecule has 0 radical (unpaired) electrons. The van der Waals surface area contributed by atoms with Crippen LogP contribution < -0.4 is 10.6 Å². The van der Waals surface area contributed by atoms with E-state index in [1.807, 2.05) is 18.2 Å². The van der Waals surface area contributed by atoms with Gasteiger partial charge in [-0.05, 0) is 50.3 Å². The number of aliphatic imine (C=N–C) groups is 1. The zero-order valence-corrected chi connectivity index (χ0v) is 18.4. The van der Waals surface area contributed by atoms with E-state index in [-0.39, 0.29) is 5.91 Å². The summed E-state index contributed by atoms with van der Waals surface area (Å²) in [5.74, 6) is 0.871. The molecule has 2 rings (SSSR count). The van der Waals surface area contributed by atoms with Crippen molar-refractivity contribution in [3.8, 4) is 0 Å². The summed E-state index contributed by atoms with van der Waals surface area (Å²) in [7, 11) is 3.55. The largest absolute Gasteiger partial charge is 0.378 e. The molecule has 1 aliphatic rings. The highest BCUT2D eigenvalue weighted by atomic mass is 16.5. The van der Waals surface area contributed by atoms with E-state index in [0.29, 0.717) is 6.10 Å². The second-order valence-electron chi connectivity index (χ2n) is 7.82. The number of hydrogen-bond acceptors (Lipinski definition) is 3. The lowest BCUT2D eigenvalue weighted by atomic mass is 9.98. The van der Waals surface area contributed by atoms with Crippen molar-refractivity contribution in [3.63, 3.8) is 0 Å². The van der Waals surface area contributed by atoms with Crippen molar-refractivity contribution in [3.05, 3.63) is 35.4 Å². The molecule has 0 unspecified atom stereocenters. The molecule has 0 spiro atoms. The van der Waals surface area contributed by atoms with Crippen LogP contribution in [-0.2, 0) is 11.2 Å². The average molecular weight is 403 g/mol. The predicted molar refractivity (Wildman–Crippen MR) is 120 cm³/mol. The van der Waals surface area contributed by atoms with Crippen molar-refractivity contribution in [2.24, 2.45) is 4.99 Å². The molecule has 1 aromatic rings. The minimum absolute atomic E-state index is 0.0326. The Morgan fingerprint density at radius 3 is 2.72 bits per heavy atom. The Morgan fingerprint density at radius 1 is 1.21 bits per heavy atom. The molecule has 0 bridgehead atoms. The van der Waals surface area contributed by atoms with Crippen molar-refractivity contribution < 1.29 is 9.53 Å². The summed E-state index contributed by atoms with van der Waals surface area (Å²) in [6, 6.07) is 7.83. The zero-order chi connectivity index (χ0) is 20.9. The van der Waals surface area contributed by atoms with E-state index in [9.17, 15) is 4.79 Å². The Hall–Kier alpha value is -2.08. The second kappa shape index (κ2) is 13.2. The minimum atomic E-state index is 0.0326. The molecular weight excluding hydrogens is 364 g/mol. The number of carbonyl (C=O) groups is 1. The maximum atomic E-state index is 12.1. The molecule has 162 valence electrons. The quantitative estimate of drug-likeness (QED) is 0.358. The molecule has 2 N–H and O–H groups in total. The molecule has 0 heterocycles. The number of benzene rings is 1. The molecule has 1 aliphatic carbocycles. The first kappa shape index (κ1) is 23.2. The first-order valence-corrected chi connectivity index (χ1v) is 11.0. The summed E-state index contributed by atoms with van der Waals surface area (Å²) in [6.45, 7) is 5.22. The van der Waals surface area contributed by atoms with E-state index >= 15 is 0 Å². The summed E-state index contributed by atoms with van der Waals surface area (Å²) in [4.78, 5) is 18.4. The van der Waals surface area contributed by atoms with Crippen LogP contribution in [0.5, 0.6) is 0 Å². The molecule has 1 saturated carbocycles. The van der Waals surface area contributed by atoms with Crippen LogP contribution in [-0.4, -0.2) is 63.2 Å². The van der Waals surface area contributed by atoms with Crippen molar-refractivity contribution in [1.29, 1.82) is 0 Å². The number of guanidine groups is 1. The Balaban J connectivity index is 1.71. The average Bonchev–Trinajstić information content (AvgIpc) is 2.73. The van der Waals surface area contributed by atoms with Crippen LogP contribution >= 0.6 is 0 Å². The van der Waals surface area contributed by atoms with Crippen LogP contribution in [0, 0.1) is 0 Å². The highest BCUT2D eigenvalue weighted by Crippen LogP contribution is 2.20. The molecule has 0 aliphatic heterocycles. The van der Waals surface area contributed by atoms with Crippen LogP contribution in [0.1, 0.15) is 61.4 Å². The molecule has 0 saturated heterocycles. The molecule has 29 heavy (non-hydrogen) atoms. The Morgan fingerprint density at radius 2 is 2.00 bits per heavy atom. The maximum Gasteiger partial charge on any atom is 0.253 e. The van der Waals surface area contributed by atoms with Crippen LogP contribution in [0.4, 0.5) is 0 Å². The topological polar surface area (TPSA) is 66.0 Å². The monoisotopic (exact) mass is 402 g/mol. The first-order chi connectivity index (χ1) is 14.1. The fourth-order valence-electron chi connectivity index (χ4n) is 3.52. The molecular formula is C23H38N4O2. The fourth-order valence-corrected chi connectivity index (χ4v) is 3.52. The van der Waals surface area contributed by atoms with Crippen molar-refractivity contribution in [1.82, 2.24) is 15.5 Å². The van der Waals surface area contributed by atoms with Crippen molar-refractivity contribution >= 4 is 11.9 Å². The van der Waals surface area contributed by atoms with Gasteiger partial charge in [0.25, 0.3) is 5.91 Å². The standard InChI is InChI=1S/C23H38N4O2/c1-4-24-23(25-15-9-17-29-21-12-6-5-7-13-21)26-16-14-19-10-8-11-20(18-19)22(28)27(2)3/h8,10-11,18,21H,4-7,9,12-17H2,1-3H3,(H2,24,25,26). The van der Waals surface area contributed by atoms with Gasteiger partial charge in [0.2, 0.25) is 0 Å². The highest BCUT2D eigenvalue weighted by Gasteiger charge is 2.13. The van der Waals surface area contributed by atoms with Gasteiger partial charge in [-0.25, -0.2) is 0 Å². The van der Waals surface area contributed by atoms with Gasteiger partial charge in [0, 0.05) is 45.9 Å². The lowest BCUT2D eigenvalue weighted by Crippen LogP contribution is -2.38. The number of rotatable bonds is 10. The third-order valence-electron chi connectivity index (χ3n) is 5.11. The molecule has 6 nitrogen and oxygen atoms in total. The number of hydrogen-bond donors (Lipinski definition) is 2. The molecule has 1 aromatic carbocycles. The molecule has 0 aromatic heterocycles. The van der Waals surface area contributed by atoms with Crippen LogP contribution in [0.15, 0.2) is 29.3 Å². The molecule has 1 amide bonds. The van der Waals surface area contributed by atoms with E-state index in [0.717, 1.165) is 56.2 Å². The van der Waals surface area contributed by atoms with Crippen molar-refractivity contribution in [2.75, 3.05) is 40.3 Å². The normalized spacial score (nSPS) is 15.2. The van der Waals surface area contributed by atoms with Gasteiger partial charge in [0.1, 0.15) is 0 Å². The van der Waals surface area contributed by atoms with Crippen LogP contribution in [0.3, 0.4) is 0 Å². The number of amides is 1. The van der Waals surface area contributed by atoms with Gasteiger partial charge in [0.05, 0.1) is 6.10 Å². The fraction of sp³-hybridized carbons (Fsp3) is 0.652. The number of nitrogens with zero attached hydrogens (tertiary/aromatic N) is 2. The summed E-state index contributed by atoms with van der Waals surface area (Å²) < 4.78 is 5.97. The van der Waals surface area contributed by atoms with E-state index in [1.54, 1.807) is 19.0 Å². The third kappa shape index (κ3) is 8.86. The van der Waals surface area contributed by atoms with E-state index < -0.39 is 0 Å². The SMILES string of the molecule is CCNC(=NCCCOC1CCCCC1)NCCc1cccc(C(=O)N(C)C)c1. The van der Waals surface area contributed by atoms with E-state index in [1.165, 1.54) is 32.1 Å². The van der Waals surface area contributed by atoms with Crippen molar-refractivity contribution in [2.45, 2.75) is 58.0 Å². The Kier molecular flexibility index (Phi) is 10.6. The summed E-state index contributed by atoms with van der Waals surface area (Å²) >= 11 is 0. The zero-order valence-electron chi connectivity index (χ0n) is 18.4. The first-order valence-electron chi connectivity index (χ1n) is 11.0. The van der Waals surface area contributed by atoms with Gasteiger partial charge < -0.3 is 20.3 Å². The lowest BCUT2D eigenvalue weighted by molar-refractivity contribution is 0.0281. The number of ether oxygens (including phenoxy) is 1. The maximum absolute atomic E-state index is 12.1. The smallest absolute Gasteiger partial charge is 0.253 e. The second-order valence-corrected chi connectivity index (χ2v) is 7.82. The third-order valence-corrected chi connectivity index (χ3v) is 5.11. The summed E-state index contributed by atoms with van der Waals surface area (Å²) in [6.07, 6.45) is 8.66. The Bertz CT molecular complexity index is 640. The van der Waals surface area contributed by atoms with Crippen LogP contribution in [0.25, 0.3) is 0 Å². The van der Waals surface area contributed by atoms with Gasteiger partial charge in [0.15, 0.2) is 5.96 Å².